The predicted molar refractivity (Wildman–Crippen MR) is 109 cm³/mol. The van der Waals surface area contributed by atoms with Crippen LogP contribution in [-0.4, -0.2) is 30.1 Å². The van der Waals surface area contributed by atoms with Crippen LogP contribution in [0.5, 0.6) is 0 Å². The van der Waals surface area contributed by atoms with Gasteiger partial charge in [0.1, 0.15) is 4.88 Å². The maximum absolute atomic E-state index is 13.1. The molecule has 7 nitrogen and oxygen atoms in total. The number of fused-ring (bicyclic) bond motifs is 1. The van der Waals surface area contributed by atoms with E-state index >= 15 is 0 Å². The monoisotopic (exact) mass is 394 g/mol. The number of nitrogens with zero attached hydrogens (tertiary/aromatic N) is 5. The van der Waals surface area contributed by atoms with E-state index in [1.54, 1.807) is 0 Å². The first-order chi connectivity index (χ1) is 13.5. The minimum absolute atomic E-state index is 0.133. The van der Waals surface area contributed by atoms with Crippen LogP contribution in [0.25, 0.3) is 10.8 Å². The summed E-state index contributed by atoms with van der Waals surface area (Å²) in [6, 6.07) is 9.40. The zero-order valence-corrected chi connectivity index (χ0v) is 16.8. The maximum Gasteiger partial charge on any atom is 0.263 e. The molecule has 0 aliphatic carbocycles. The van der Waals surface area contributed by atoms with Gasteiger partial charge in [0.15, 0.2) is 16.6 Å². The molecule has 0 aliphatic heterocycles. The molecule has 0 unspecified atom stereocenters. The lowest BCUT2D eigenvalue weighted by molar-refractivity contribution is 0.0933. The minimum atomic E-state index is -0.235. The third-order valence-electron chi connectivity index (χ3n) is 4.48. The molecule has 0 aliphatic rings. The van der Waals surface area contributed by atoms with Crippen molar-refractivity contribution >= 4 is 22.9 Å². The van der Waals surface area contributed by atoms with E-state index in [4.69, 9.17) is 0 Å². The molecule has 4 heterocycles. The Bertz CT molecular complexity index is 1100. The Balaban J connectivity index is 1.63. The number of carbonyl (C=O) groups excluding carboxylic acids is 1. The number of amides is 1. The van der Waals surface area contributed by atoms with Crippen LogP contribution in [0.2, 0.25) is 0 Å². The summed E-state index contributed by atoms with van der Waals surface area (Å²) in [5, 5.41) is 12.5. The van der Waals surface area contributed by atoms with Gasteiger partial charge < -0.3 is 9.88 Å². The molecular formula is C20H22N6OS. The summed E-state index contributed by atoms with van der Waals surface area (Å²) in [4.78, 5) is 18.2. The summed E-state index contributed by atoms with van der Waals surface area (Å²) >= 11 is 1.38. The number of aromatic nitrogens is 5. The van der Waals surface area contributed by atoms with Gasteiger partial charge in [0, 0.05) is 18.6 Å². The van der Waals surface area contributed by atoms with Crippen LogP contribution in [0.3, 0.4) is 0 Å². The largest absolute Gasteiger partial charge is 0.341 e. The van der Waals surface area contributed by atoms with Gasteiger partial charge in [-0.3, -0.25) is 9.20 Å². The second kappa shape index (κ2) is 7.55. The number of thiazole rings is 1. The smallest absolute Gasteiger partial charge is 0.263 e. The molecule has 0 radical (unpaired) electrons. The van der Waals surface area contributed by atoms with Crippen molar-refractivity contribution in [1.82, 2.24) is 29.5 Å². The van der Waals surface area contributed by atoms with Crippen molar-refractivity contribution < 1.29 is 4.79 Å². The van der Waals surface area contributed by atoms with Gasteiger partial charge in [-0.2, -0.15) is 0 Å². The van der Waals surface area contributed by atoms with Crippen molar-refractivity contribution in [3.63, 3.8) is 0 Å². The fourth-order valence-electron chi connectivity index (χ4n) is 3.19. The van der Waals surface area contributed by atoms with Crippen LogP contribution in [0.15, 0.2) is 48.9 Å². The van der Waals surface area contributed by atoms with Gasteiger partial charge in [0.25, 0.3) is 5.91 Å². The lowest BCUT2D eigenvalue weighted by Crippen LogP contribution is -2.30. The fraction of sp³-hybridized carbons (Fsp3) is 0.300. The summed E-state index contributed by atoms with van der Waals surface area (Å²) in [6.07, 6.45) is 6.53. The molecule has 4 aromatic heterocycles. The average Bonchev–Trinajstić information content (AvgIpc) is 3.40. The van der Waals surface area contributed by atoms with Crippen LogP contribution in [0.4, 0.5) is 0 Å². The van der Waals surface area contributed by atoms with E-state index in [-0.39, 0.29) is 11.9 Å². The van der Waals surface area contributed by atoms with Gasteiger partial charge in [-0.15, -0.1) is 10.2 Å². The summed E-state index contributed by atoms with van der Waals surface area (Å²) in [6.45, 7) is 6.12. The molecule has 0 spiro atoms. The molecule has 1 N–H and O–H groups in total. The molecule has 0 saturated heterocycles. The van der Waals surface area contributed by atoms with Gasteiger partial charge in [0.05, 0.1) is 11.7 Å². The topological polar surface area (TPSA) is 77.1 Å². The van der Waals surface area contributed by atoms with Crippen LogP contribution in [0, 0.1) is 12.8 Å². The molecule has 1 atom stereocenters. The maximum atomic E-state index is 13.1. The highest BCUT2D eigenvalue weighted by Gasteiger charge is 2.24. The van der Waals surface area contributed by atoms with E-state index in [0.717, 1.165) is 28.7 Å². The van der Waals surface area contributed by atoms with E-state index in [1.807, 2.05) is 64.8 Å². The van der Waals surface area contributed by atoms with E-state index in [1.165, 1.54) is 11.3 Å². The van der Waals surface area contributed by atoms with Gasteiger partial charge in [-0.25, -0.2) is 4.98 Å². The highest BCUT2D eigenvalue weighted by molar-refractivity contribution is 7.16. The first kappa shape index (κ1) is 18.4. The predicted octanol–water partition coefficient (Wildman–Crippen LogP) is 3.80. The van der Waals surface area contributed by atoms with Crippen LogP contribution in [0.1, 0.15) is 47.5 Å². The first-order valence-electron chi connectivity index (χ1n) is 9.24. The third-order valence-corrected chi connectivity index (χ3v) is 5.65. The van der Waals surface area contributed by atoms with Crippen LogP contribution < -0.4 is 5.32 Å². The Hall–Kier alpha value is -3.00. The molecule has 0 fully saturated rings. The number of nitrogens with one attached hydrogen (secondary N) is 1. The molecule has 4 aromatic rings. The summed E-state index contributed by atoms with van der Waals surface area (Å²) in [5.41, 5.74) is 1.49. The molecule has 0 saturated carbocycles. The SMILES string of the molecule is Cc1nc(-n2cccc2)sc1C(=O)N[C@H](CC(C)C)c1nnc2ccccn12. The van der Waals surface area contributed by atoms with E-state index in [9.17, 15) is 4.79 Å². The van der Waals surface area contributed by atoms with Crippen molar-refractivity contribution in [3.05, 3.63) is 65.3 Å². The van der Waals surface area contributed by atoms with Gasteiger partial charge in [-0.05, 0) is 43.5 Å². The quantitative estimate of drug-likeness (QED) is 0.540. The molecule has 1 amide bonds. The van der Waals surface area contributed by atoms with E-state index in [2.05, 4.69) is 34.3 Å². The third kappa shape index (κ3) is 3.55. The number of carbonyl (C=O) groups is 1. The summed E-state index contributed by atoms with van der Waals surface area (Å²) in [5.74, 6) is 0.997. The first-order valence-corrected chi connectivity index (χ1v) is 10.1. The molecular weight excluding hydrogens is 372 g/mol. The Morgan fingerprint density at radius 2 is 1.89 bits per heavy atom. The molecule has 8 heteroatoms. The van der Waals surface area contributed by atoms with Gasteiger partial charge in [-0.1, -0.05) is 31.3 Å². The normalized spacial score (nSPS) is 12.6. The molecule has 4 rings (SSSR count). The second-order valence-electron chi connectivity index (χ2n) is 7.14. The van der Waals surface area contributed by atoms with E-state index in [0.29, 0.717) is 10.8 Å². The van der Waals surface area contributed by atoms with Crippen molar-refractivity contribution in [3.8, 4) is 5.13 Å². The fourth-order valence-corrected chi connectivity index (χ4v) is 4.12. The number of aryl methyl sites for hydroxylation is 1. The van der Waals surface area contributed by atoms with Crippen molar-refractivity contribution in [2.45, 2.75) is 33.2 Å². The molecule has 28 heavy (non-hydrogen) atoms. The highest BCUT2D eigenvalue weighted by atomic mass is 32.1. The summed E-state index contributed by atoms with van der Waals surface area (Å²) < 4.78 is 3.84. The lowest BCUT2D eigenvalue weighted by atomic mass is 10.0. The Morgan fingerprint density at radius 3 is 2.64 bits per heavy atom. The second-order valence-corrected chi connectivity index (χ2v) is 8.12. The van der Waals surface area contributed by atoms with Gasteiger partial charge >= 0.3 is 0 Å². The highest BCUT2D eigenvalue weighted by Crippen LogP contribution is 2.25. The molecule has 0 bridgehead atoms. The van der Waals surface area contributed by atoms with Crippen molar-refractivity contribution in [2.75, 3.05) is 0 Å². The number of hydrogen-bond acceptors (Lipinski definition) is 5. The molecule has 144 valence electrons. The Morgan fingerprint density at radius 1 is 1.14 bits per heavy atom. The van der Waals surface area contributed by atoms with E-state index < -0.39 is 0 Å². The van der Waals surface area contributed by atoms with Gasteiger partial charge in [0.2, 0.25) is 0 Å². The zero-order valence-electron chi connectivity index (χ0n) is 16.0. The Labute approximate surface area is 167 Å². The molecule has 0 aromatic carbocycles. The Kier molecular flexibility index (Phi) is 4.95. The summed E-state index contributed by atoms with van der Waals surface area (Å²) in [7, 11) is 0. The van der Waals surface area contributed by atoms with Crippen molar-refractivity contribution in [1.29, 1.82) is 0 Å². The minimum Gasteiger partial charge on any atom is -0.341 e. The standard InChI is InChI=1S/C20H22N6OS/c1-13(2)12-15(18-24-23-16-8-4-5-11-26(16)18)22-19(27)17-14(3)21-20(28-17)25-9-6-7-10-25/h4-11,13,15H,12H2,1-3H3,(H,22,27)/t15-/m1/s1. The zero-order chi connectivity index (χ0) is 19.7. The number of pyridine rings is 1. The number of hydrogen-bond donors (Lipinski definition) is 1. The number of rotatable bonds is 6. The average molecular weight is 395 g/mol. The van der Waals surface area contributed by atoms with Crippen LogP contribution in [-0.2, 0) is 0 Å². The lowest BCUT2D eigenvalue weighted by Gasteiger charge is -2.19. The van der Waals surface area contributed by atoms with Crippen molar-refractivity contribution in [2.24, 2.45) is 5.92 Å². The van der Waals surface area contributed by atoms with Crippen LogP contribution >= 0.6 is 11.3 Å².